The van der Waals surface area contributed by atoms with E-state index in [0.717, 1.165) is 45.4 Å². The van der Waals surface area contributed by atoms with E-state index in [9.17, 15) is 4.79 Å². The molecule has 0 bridgehead atoms. The van der Waals surface area contributed by atoms with Gasteiger partial charge in [-0.1, -0.05) is 22.9 Å². The molecule has 1 fully saturated rings. The van der Waals surface area contributed by atoms with E-state index < -0.39 is 0 Å². The summed E-state index contributed by atoms with van der Waals surface area (Å²) in [6.07, 6.45) is 2.51. The number of benzene rings is 2. The molecule has 0 radical (unpaired) electrons. The number of hydrogen-bond acceptors (Lipinski definition) is 6. The number of hydrogen-bond donors (Lipinski definition) is 0. The molecule has 1 aromatic heterocycles. The summed E-state index contributed by atoms with van der Waals surface area (Å²) in [5.74, 6) is 1.59. The van der Waals surface area contributed by atoms with Crippen LogP contribution in [0.25, 0.3) is 10.2 Å². The van der Waals surface area contributed by atoms with Crippen LogP contribution in [-0.2, 0) is 9.53 Å². The van der Waals surface area contributed by atoms with Gasteiger partial charge in [-0.3, -0.25) is 9.69 Å². The number of fused-ring (bicyclic) bond motifs is 1. The Balaban J connectivity index is 1.48. The van der Waals surface area contributed by atoms with Crippen LogP contribution in [0.1, 0.15) is 26.2 Å². The van der Waals surface area contributed by atoms with Crippen LogP contribution in [0.4, 0.5) is 5.13 Å². The summed E-state index contributed by atoms with van der Waals surface area (Å²) in [6, 6.07) is 13.6. The average molecular weight is 477 g/mol. The zero-order valence-electron chi connectivity index (χ0n) is 17.4. The number of thiazole rings is 1. The van der Waals surface area contributed by atoms with E-state index in [4.69, 9.17) is 26.1 Å². The molecular weight excluding hydrogens is 452 g/mol. The molecule has 1 amide bonds. The molecule has 1 unspecified atom stereocenters. The maximum absolute atomic E-state index is 13.2. The van der Waals surface area contributed by atoms with Crippen molar-refractivity contribution < 1.29 is 14.3 Å². The molecule has 4 rings (SSSR count). The minimum Gasteiger partial charge on any atom is -0.494 e. The predicted octanol–water partition coefficient (Wildman–Crippen LogP) is 6.04. The SMILES string of the molecule is CCOc1ccc2nc(N(CC3CCCO3)C(=O)CCSc3ccc(Cl)cc3)sc2c1. The third-order valence-electron chi connectivity index (χ3n) is 5.00. The zero-order valence-corrected chi connectivity index (χ0v) is 19.8. The molecule has 8 heteroatoms. The van der Waals surface area contributed by atoms with E-state index in [1.807, 2.05) is 54.3 Å². The predicted molar refractivity (Wildman–Crippen MR) is 129 cm³/mol. The third-order valence-corrected chi connectivity index (χ3v) is 7.31. The van der Waals surface area contributed by atoms with Crippen LogP contribution in [0.5, 0.6) is 5.75 Å². The molecular formula is C23H25ClN2O3S2. The highest BCUT2D eigenvalue weighted by Crippen LogP contribution is 2.33. The highest BCUT2D eigenvalue weighted by molar-refractivity contribution is 7.99. The smallest absolute Gasteiger partial charge is 0.229 e. The van der Waals surface area contributed by atoms with Crippen molar-refractivity contribution in [2.45, 2.75) is 37.2 Å². The lowest BCUT2D eigenvalue weighted by Gasteiger charge is -2.23. The Bertz CT molecular complexity index is 1020. The van der Waals surface area contributed by atoms with Crippen LogP contribution < -0.4 is 9.64 Å². The molecule has 164 valence electrons. The van der Waals surface area contributed by atoms with Gasteiger partial charge in [-0.05, 0) is 62.2 Å². The minimum atomic E-state index is 0.0684. The number of carbonyl (C=O) groups is 1. The Morgan fingerprint density at radius 2 is 2.16 bits per heavy atom. The quantitative estimate of drug-likeness (QED) is 0.352. The van der Waals surface area contributed by atoms with Crippen molar-refractivity contribution in [2.24, 2.45) is 0 Å². The van der Waals surface area contributed by atoms with Crippen LogP contribution in [0.3, 0.4) is 0 Å². The Labute approximate surface area is 195 Å². The average Bonchev–Trinajstić information content (AvgIpc) is 3.42. The highest BCUT2D eigenvalue weighted by Gasteiger charge is 2.26. The van der Waals surface area contributed by atoms with Crippen LogP contribution in [0.2, 0.25) is 5.02 Å². The van der Waals surface area contributed by atoms with E-state index in [1.165, 1.54) is 11.3 Å². The second-order valence-electron chi connectivity index (χ2n) is 7.25. The molecule has 2 heterocycles. The lowest BCUT2D eigenvalue weighted by atomic mass is 10.2. The number of carbonyl (C=O) groups excluding carboxylic acids is 1. The molecule has 0 aliphatic carbocycles. The summed E-state index contributed by atoms with van der Waals surface area (Å²) < 4.78 is 12.4. The third kappa shape index (κ3) is 5.92. The topological polar surface area (TPSA) is 51.7 Å². The molecule has 1 aliphatic rings. The number of anilines is 1. The lowest BCUT2D eigenvalue weighted by molar-refractivity contribution is -0.118. The number of ether oxygens (including phenoxy) is 2. The fraction of sp³-hybridized carbons (Fsp3) is 0.391. The Morgan fingerprint density at radius 3 is 2.90 bits per heavy atom. The minimum absolute atomic E-state index is 0.0684. The first-order chi connectivity index (χ1) is 15.1. The van der Waals surface area contributed by atoms with Crippen molar-refractivity contribution in [2.75, 3.05) is 30.4 Å². The Hall–Kier alpha value is -1.80. The number of thioether (sulfide) groups is 1. The van der Waals surface area contributed by atoms with Crippen LogP contribution in [0.15, 0.2) is 47.4 Å². The number of rotatable bonds is 9. The van der Waals surface area contributed by atoms with Gasteiger partial charge in [0.2, 0.25) is 5.91 Å². The fourth-order valence-corrected chi connectivity index (χ4v) is 5.45. The number of amides is 1. The summed E-state index contributed by atoms with van der Waals surface area (Å²) >= 11 is 9.13. The maximum atomic E-state index is 13.2. The van der Waals surface area contributed by atoms with Crippen molar-refractivity contribution in [3.8, 4) is 5.75 Å². The fourth-order valence-electron chi connectivity index (χ4n) is 3.47. The number of halogens is 1. The lowest BCUT2D eigenvalue weighted by Crippen LogP contribution is -2.37. The summed E-state index contributed by atoms with van der Waals surface area (Å²) in [7, 11) is 0. The van der Waals surface area contributed by atoms with Crippen LogP contribution >= 0.6 is 34.7 Å². The summed E-state index contributed by atoms with van der Waals surface area (Å²) in [6.45, 7) is 3.89. The van der Waals surface area contributed by atoms with Crippen molar-refractivity contribution in [3.63, 3.8) is 0 Å². The molecule has 2 aromatic carbocycles. The molecule has 1 aliphatic heterocycles. The monoisotopic (exact) mass is 476 g/mol. The van der Waals surface area contributed by atoms with Crippen LogP contribution in [0, 0.1) is 0 Å². The van der Waals surface area contributed by atoms with Gasteiger partial charge < -0.3 is 9.47 Å². The zero-order chi connectivity index (χ0) is 21.6. The van der Waals surface area contributed by atoms with E-state index in [-0.39, 0.29) is 12.0 Å². The van der Waals surface area contributed by atoms with Crippen molar-refractivity contribution in [1.29, 1.82) is 0 Å². The first-order valence-electron chi connectivity index (χ1n) is 10.5. The van der Waals surface area contributed by atoms with Gasteiger partial charge in [0, 0.05) is 28.7 Å². The number of nitrogens with zero attached hydrogens (tertiary/aromatic N) is 2. The first kappa shape index (κ1) is 22.4. The first-order valence-corrected chi connectivity index (χ1v) is 12.6. The molecule has 0 saturated carbocycles. The van der Waals surface area contributed by atoms with E-state index >= 15 is 0 Å². The van der Waals surface area contributed by atoms with Crippen molar-refractivity contribution in [3.05, 3.63) is 47.5 Å². The Morgan fingerprint density at radius 1 is 1.32 bits per heavy atom. The normalized spacial score (nSPS) is 16.0. The van der Waals surface area contributed by atoms with Gasteiger partial charge in [-0.25, -0.2) is 4.98 Å². The highest BCUT2D eigenvalue weighted by atomic mass is 35.5. The summed E-state index contributed by atoms with van der Waals surface area (Å²) in [4.78, 5) is 20.9. The van der Waals surface area contributed by atoms with Gasteiger partial charge in [-0.2, -0.15) is 0 Å². The van der Waals surface area contributed by atoms with E-state index in [0.29, 0.717) is 30.3 Å². The van der Waals surface area contributed by atoms with Gasteiger partial charge in [-0.15, -0.1) is 11.8 Å². The Kier molecular flexibility index (Phi) is 7.72. The second-order valence-corrected chi connectivity index (χ2v) is 9.86. The molecule has 5 nitrogen and oxygen atoms in total. The van der Waals surface area contributed by atoms with Gasteiger partial charge in [0.15, 0.2) is 5.13 Å². The second kappa shape index (κ2) is 10.7. The van der Waals surface area contributed by atoms with Crippen molar-refractivity contribution >= 4 is 56.0 Å². The molecule has 3 aromatic rings. The van der Waals surface area contributed by atoms with E-state index in [2.05, 4.69) is 0 Å². The van der Waals surface area contributed by atoms with Gasteiger partial charge in [0.25, 0.3) is 0 Å². The van der Waals surface area contributed by atoms with Crippen LogP contribution in [-0.4, -0.2) is 42.5 Å². The van der Waals surface area contributed by atoms with Gasteiger partial charge >= 0.3 is 0 Å². The molecule has 0 N–H and O–H groups in total. The largest absolute Gasteiger partial charge is 0.494 e. The van der Waals surface area contributed by atoms with E-state index in [1.54, 1.807) is 11.8 Å². The van der Waals surface area contributed by atoms with Crippen molar-refractivity contribution in [1.82, 2.24) is 4.98 Å². The maximum Gasteiger partial charge on any atom is 0.229 e. The van der Waals surface area contributed by atoms with Gasteiger partial charge in [0.1, 0.15) is 5.75 Å². The summed E-state index contributed by atoms with van der Waals surface area (Å²) in [5.41, 5.74) is 0.879. The standard InChI is InChI=1S/C23H25ClN2O3S2/c1-2-28-17-7-10-20-21(14-17)31-23(25-20)26(15-18-4-3-12-29-18)22(27)11-13-30-19-8-5-16(24)6-9-19/h5-10,14,18H,2-4,11-13,15H2,1H3. The number of aromatic nitrogens is 1. The molecule has 1 saturated heterocycles. The molecule has 0 spiro atoms. The molecule has 1 atom stereocenters. The van der Waals surface area contributed by atoms with Gasteiger partial charge in [0.05, 0.1) is 29.5 Å². The summed E-state index contributed by atoms with van der Waals surface area (Å²) in [5, 5.41) is 1.44. The molecule has 31 heavy (non-hydrogen) atoms.